The van der Waals surface area contributed by atoms with Crippen molar-refractivity contribution >= 4 is 28.7 Å². The Bertz CT molecular complexity index is 420. The smallest absolute Gasteiger partial charge is 0.188 e. The molecule has 1 aromatic rings. The lowest BCUT2D eigenvalue weighted by Crippen LogP contribution is -2.00. The van der Waals surface area contributed by atoms with Crippen LogP contribution < -0.4 is 4.74 Å². The summed E-state index contributed by atoms with van der Waals surface area (Å²) in [7, 11) is 3.10. The Morgan fingerprint density at radius 3 is 2.63 bits per heavy atom. The van der Waals surface area contributed by atoms with Gasteiger partial charge in [-0.3, -0.25) is 0 Å². The zero-order valence-corrected chi connectivity index (χ0v) is 13.0. The molecule has 0 aliphatic carbocycles. The summed E-state index contributed by atoms with van der Waals surface area (Å²) in [5.74, 6) is 0.511. The minimum absolute atomic E-state index is 0.0910. The standard InChI is InChI=1S/C13H17IO5/c1-16-8-18-5-3-4-10-6-11(14)13(15)12(7-10)19-9-17-2/h3-4,6-7,15H,5,8-9H2,1-2H3/b4-3+. The van der Waals surface area contributed by atoms with Crippen molar-refractivity contribution in [1.29, 1.82) is 0 Å². The normalized spacial score (nSPS) is 11.1. The van der Waals surface area contributed by atoms with Gasteiger partial charge in [0, 0.05) is 14.2 Å². The Hall–Kier alpha value is -0.830. The predicted octanol–water partition coefficient (Wildman–Crippen LogP) is 2.61. The molecular formula is C13H17IO5. The molecule has 0 aromatic heterocycles. The van der Waals surface area contributed by atoms with E-state index in [9.17, 15) is 5.11 Å². The zero-order chi connectivity index (χ0) is 14.1. The van der Waals surface area contributed by atoms with Crippen molar-refractivity contribution in [3.63, 3.8) is 0 Å². The molecule has 1 aromatic carbocycles. The van der Waals surface area contributed by atoms with Gasteiger partial charge in [-0.25, -0.2) is 0 Å². The van der Waals surface area contributed by atoms with Crippen molar-refractivity contribution in [3.8, 4) is 11.5 Å². The maximum Gasteiger partial charge on any atom is 0.188 e. The number of halogens is 1. The number of hydrogen-bond donors (Lipinski definition) is 1. The second kappa shape index (κ2) is 9.13. The number of ether oxygens (including phenoxy) is 4. The SMILES string of the molecule is COCOC/C=C/c1cc(I)c(O)c(OCOC)c1. The molecule has 0 heterocycles. The molecule has 0 fully saturated rings. The molecule has 6 heteroatoms. The van der Waals surface area contributed by atoms with E-state index in [0.29, 0.717) is 15.9 Å². The highest BCUT2D eigenvalue weighted by atomic mass is 127. The Labute approximate surface area is 126 Å². The van der Waals surface area contributed by atoms with E-state index >= 15 is 0 Å². The topological polar surface area (TPSA) is 57.2 Å². The average molecular weight is 380 g/mol. The maximum atomic E-state index is 9.84. The van der Waals surface area contributed by atoms with Crippen molar-refractivity contribution in [2.45, 2.75) is 0 Å². The van der Waals surface area contributed by atoms with Crippen LogP contribution in [0.5, 0.6) is 11.5 Å². The second-order valence-electron chi connectivity index (χ2n) is 3.58. The van der Waals surface area contributed by atoms with E-state index in [1.54, 1.807) is 13.2 Å². The largest absolute Gasteiger partial charge is 0.504 e. The monoisotopic (exact) mass is 380 g/mol. The number of phenols is 1. The third-order valence-corrected chi connectivity index (χ3v) is 2.93. The Kier molecular flexibility index (Phi) is 7.80. The predicted molar refractivity (Wildman–Crippen MR) is 80.2 cm³/mol. The lowest BCUT2D eigenvalue weighted by Gasteiger charge is -2.09. The summed E-state index contributed by atoms with van der Waals surface area (Å²) in [4.78, 5) is 0. The van der Waals surface area contributed by atoms with Gasteiger partial charge in [-0.15, -0.1) is 0 Å². The molecule has 0 saturated carbocycles. The fourth-order valence-electron chi connectivity index (χ4n) is 1.31. The van der Waals surface area contributed by atoms with Crippen LogP contribution in [0.2, 0.25) is 0 Å². The van der Waals surface area contributed by atoms with Gasteiger partial charge in [0.15, 0.2) is 18.3 Å². The fourth-order valence-corrected chi connectivity index (χ4v) is 1.93. The number of benzene rings is 1. The van der Waals surface area contributed by atoms with Crippen LogP contribution in [0.1, 0.15) is 5.56 Å². The minimum atomic E-state index is 0.0910. The highest BCUT2D eigenvalue weighted by Gasteiger charge is 2.08. The summed E-state index contributed by atoms with van der Waals surface area (Å²) < 4.78 is 20.7. The summed E-state index contributed by atoms with van der Waals surface area (Å²) in [6.45, 7) is 0.812. The average Bonchev–Trinajstić information content (AvgIpc) is 2.40. The summed E-state index contributed by atoms with van der Waals surface area (Å²) in [5, 5.41) is 9.84. The van der Waals surface area contributed by atoms with Crippen molar-refractivity contribution in [1.82, 2.24) is 0 Å². The van der Waals surface area contributed by atoms with E-state index < -0.39 is 0 Å². The first kappa shape index (κ1) is 16.2. The minimum Gasteiger partial charge on any atom is -0.504 e. The van der Waals surface area contributed by atoms with Crippen molar-refractivity contribution in [3.05, 3.63) is 27.3 Å². The van der Waals surface area contributed by atoms with E-state index in [1.165, 1.54) is 7.11 Å². The van der Waals surface area contributed by atoms with Gasteiger partial charge in [0.05, 0.1) is 10.2 Å². The molecule has 0 atom stereocenters. The Balaban J connectivity index is 2.70. The first-order valence-corrected chi connectivity index (χ1v) is 6.64. The molecular weight excluding hydrogens is 363 g/mol. The van der Waals surface area contributed by atoms with Gasteiger partial charge < -0.3 is 24.1 Å². The number of aromatic hydroxyl groups is 1. The van der Waals surface area contributed by atoms with Crippen LogP contribution in [0.25, 0.3) is 6.08 Å². The van der Waals surface area contributed by atoms with E-state index in [1.807, 2.05) is 40.8 Å². The zero-order valence-electron chi connectivity index (χ0n) is 10.9. The van der Waals surface area contributed by atoms with Gasteiger partial charge in [-0.05, 0) is 40.3 Å². The first-order chi connectivity index (χ1) is 9.19. The summed E-state index contributed by atoms with van der Waals surface area (Å²) in [5.41, 5.74) is 0.911. The second-order valence-corrected chi connectivity index (χ2v) is 4.74. The van der Waals surface area contributed by atoms with Gasteiger partial charge in [-0.1, -0.05) is 12.2 Å². The van der Waals surface area contributed by atoms with Crippen LogP contribution in [0.3, 0.4) is 0 Å². The Morgan fingerprint density at radius 2 is 1.95 bits per heavy atom. The Morgan fingerprint density at radius 1 is 1.21 bits per heavy atom. The molecule has 0 spiro atoms. The van der Waals surface area contributed by atoms with Crippen molar-refractivity contribution in [2.75, 3.05) is 34.4 Å². The van der Waals surface area contributed by atoms with E-state index in [2.05, 4.69) is 0 Å². The van der Waals surface area contributed by atoms with Gasteiger partial charge in [0.2, 0.25) is 0 Å². The van der Waals surface area contributed by atoms with Gasteiger partial charge >= 0.3 is 0 Å². The summed E-state index contributed by atoms with van der Waals surface area (Å²) in [6.07, 6.45) is 3.75. The van der Waals surface area contributed by atoms with Gasteiger partial charge in [0.25, 0.3) is 0 Å². The summed E-state index contributed by atoms with van der Waals surface area (Å²) >= 11 is 2.05. The third-order valence-electron chi connectivity index (χ3n) is 2.11. The molecule has 19 heavy (non-hydrogen) atoms. The molecule has 0 amide bonds. The van der Waals surface area contributed by atoms with Crippen LogP contribution in [0, 0.1) is 3.57 Å². The molecule has 0 aliphatic rings. The first-order valence-electron chi connectivity index (χ1n) is 5.56. The lowest BCUT2D eigenvalue weighted by atomic mass is 10.2. The number of rotatable bonds is 8. The van der Waals surface area contributed by atoms with Crippen LogP contribution >= 0.6 is 22.6 Å². The molecule has 0 radical (unpaired) electrons. The van der Waals surface area contributed by atoms with E-state index in [-0.39, 0.29) is 19.3 Å². The molecule has 0 saturated heterocycles. The maximum absolute atomic E-state index is 9.84. The van der Waals surface area contributed by atoms with Gasteiger partial charge in [-0.2, -0.15) is 0 Å². The number of hydrogen-bond acceptors (Lipinski definition) is 5. The quantitative estimate of drug-likeness (QED) is 0.427. The van der Waals surface area contributed by atoms with Crippen LogP contribution in [-0.2, 0) is 14.2 Å². The van der Waals surface area contributed by atoms with Crippen molar-refractivity contribution in [2.24, 2.45) is 0 Å². The molecule has 0 aliphatic heterocycles. The molecule has 1 N–H and O–H groups in total. The van der Waals surface area contributed by atoms with Gasteiger partial charge in [0.1, 0.15) is 6.79 Å². The molecule has 1 rings (SSSR count). The number of methoxy groups -OCH3 is 2. The molecule has 106 valence electrons. The highest BCUT2D eigenvalue weighted by molar-refractivity contribution is 14.1. The molecule has 5 nitrogen and oxygen atoms in total. The van der Waals surface area contributed by atoms with Crippen LogP contribution in [-0.4, -0.2) is 39.5 Å². The molecule has 0 unspecified atom stereocenters. The summed E-state index contributed by atoms with van der Waals surface area (Å²) in [6, 6.07) is 3.59. The fraction of sp³-hybridized carbons (Fsp3) is 0.385. The van der Waals surface area contributed by atoms with Crippen LogP contribution in [0.15, 0.2) is 18.2 Å². The number of phenolic OH excluding ortho intramolecular Hbond substituents is 1. The van der Waals surface area contributed by atoms with Crippen molar-refractivity contribution < 1.29 is 24.1 Å². The molecule has 0 bridgehead atoms. The third kappa shape index (κ3) is 5.77. The van der Waals surface area contributed by atoms with E-state index in [4.69, 9.17) is 18.9 Å². The highest BCUT2D eigenvalue weighted by Crippen LogP contribution is 2.33. The van der Waals surface area contributed by atoms with Crippen LogP contribution in [0.4, 0.5) is 0 Å². The lowest BCUT2D eigenvalue weighted by molar-refractivity contribution is -0.0184. The van der Waals surface area contributed by atoms with E-state index in [0.717, 1.165) is 5.56 Å².